The fourth-order valence-corrected chi connectivity index (χ4v) is 7.54. The molecule has 39 heavy (non-hydrogen) atoms. The molecule has 182 valence electrons. The minimum Gasteiger partial charge on any atom is -0.455 e. The van der Waals surface area contributed by atoms with Crippen LogP contribution < -0.4 is 0 Å². The summed E-state index contributed by atoms with van der Waals surface area (Å²) in [7, 11) is 0. The van der Waals surface area contributed by atoms with E-state index in [0.29, 0.717) is 0 Å². The molecule has 0 bridgehead atoms. The number of hydrogen-bond donors (Lipinski definition) is 0. The first-order valence-corrected chi connectivity index (χ1v) is 14.0. The van der Waals surface area contributed by atoms with Gasteiger partial charge < -0.3 is 8.98 Å². The van der Waals surface area contributed by atoms with Crippen molar-refractivity contribution >= 4 is 75.3 Å². The second-order valence-corrected chi connectivity index (χ2v) is 11.2. The Labute approximate surface area is 227 Å². The van der Waals surface area contributed by atoms with Gasteiger partial charge in [0.25, 0.3) is 0 Å². The summed E-state index contributed by atoms with van der Waals surface area (Å²) in [6.45, 7) is 0. The molecule has 3 heterocycles. The largest absolute Gasteiger partial charge is 0.455 e. The number of thiophene rings is 1. The monoisotopic (exact) mass is 515 g/mol. The van der Waals surface area contributed by atoms with E-state index in [-0.39, 0.29) is 0 Å². The Morgan fingerprint density at radius 3 is 2.15 bits per heavy atom. The van der Waals surface area contributed by atoms with E-state index >= 15 is 0 Å². The third kappa shape index (κ3) is 2.91. The van der Waals surface area contributed by atoms with Crippen LogP contribution in [0.4, 0.5) is 0 Å². The SMILES string of the molecule is c1ccc2c(c1)oc1c(-c3ccc(-n4c5ccccc5c5c6sc7ccccc7c6ccc54)cc3)cccc12. The number of furan rings is 1. The molecule has 0 aliphatic heterocycles. The fourth-order valence-electron chi connectivity index (χ4n) is 6.28. The first-order valence-electron chi connectivity index (χ1n) is 13.2. The van der Waals surface area contributed by atoms with E-state index in [9.17, 15) is 0 Å². The van der Waals surface area contributed by atoms with Crippen LogP contribution in [0.1, 0.15) is 0 Å². The van der Waals surface area contributed by atoms with E-state index in [1.165, 1.54) is 42.0 Å². The molecule has 3 aromatic heterocycles. The van der Waals surface area contributed by atoms with Crippen LogP contribution in [0.15, 0.2) is 132 Å². The van der Waals surface area contributed by atoms with Crippen molar-refractivity contribution in [1.29, 1.82) is 0 Å². The molecular weight excluding hydrogens is 494 g/mol. The standard InChI is InChI=1S/C36H21NOS/c1-4-13-30-29(10-1)34-31(21-20-28-26-9-3-6-15-33(26)39-36(28)34)37(30)23-18-16-22(17-19-23)24-11-7-12-27-25-8-2-5-14-32(25)38-35(24)27/h1-21H. The highest BCUT2D eigenvalue weighted by Gasteiger charge is 2.18. The molecule has 0 unspecified atom stereocenters. The van der Waals surface area contributed by atoms with Crippen molar-refractivity contribution in [3.05, 3.63) is 127 Å². The third-order valence-electron chi connectivity index (χ3n) is 8.02. The minimum absolute atomic E-state index is 0.925. The van der Waals surface area contributed by atoms with Gasteiger partial charge >= 0.3 is 0 Å². The van der Waals surface area contributed by atoms with Gasteiger partial charge in [-0.25, -0.2) is 0 Å². The summed E-state index contributed by atoms with van der Waals surface area (Å²) < 4.78 is 11.4. The summed E-state index contributed by atoms with van der Waals surface area (Å²) in [6.07, 6.45) is 0. The van der Waals surface area contributed by atoms with E-state index in [4.69, 9.17) is 4.42 Å². The van der Waals surface area contributed by atoms with Gasteiger partial charge in [0.2, 0.25) is 0 Å². The number of aromatic nitrogens is 1. The summed E-state index contributed by atoms with van der Waals surface area (Å²) in [5, 5.41) is 7.60. The Morgan fingerprint density at radius 1 is 0.513 bits per heavy atom. The minimum atomic E-state index is 0.925. The lowest BCUT2D eigenvalue weighted by Crippen LogP contribution is -1.93. The van der Waals surface area contributed by atoms with Crippen LogP contribution in [0.5, 0.6) is 0 Å². The highest BCUT2D eigenvalue weighted by atomic mass is 32.1. The Kier molecular flexibility index (Phi) is 4.24. The van der Waals surface area contributed by atoms with E-state index < -0.39 is 0 Å². The number of para-hydroxylation sites is 3. The quantitative estimate of drug-likeness (QED) is 0.224. The van der Waals surface area contributed by atoms with E-state index in [2.05, 4.69) is 120 Å². The normalized spacial score (nSPS) is 12.1. The predicted molar refractivity (Wildman–Crippen MR) is 166 cm³/mol. The molecule has 9 aromatic rings. The Hall–Kier alpha value is -4.86. The maximum atomic E-state index is 6.32. The lowest BCUT2D eigenvalue weighted by atomic mass is 10.0. The zero-order chi connectivity index (χ0) is 25.5. The van der Waals surface area contributed by atoms with Gasteiger partial charge in [0.15, 0.2) is 0 Å². The average Bonchev–Trinajstić information content (AvgIpc) is 3.66. The summed E-state index contributed by atoms with van der Waals surface area (Å²) in [5.74, 6) is 0. The first-order chi connectivity index (χ1) is 19.3. The van der Waals surface area contributed by atoms with Crippen LogP contribution >= 0.6 is 11.3 Å². The summed E-state index contributed by atoms with van der Waals surface area (Å²) >= 11 is 1.89. The van der Waals surface area contributed by atoms with E-state index in [0.717, 1.165) is 38.8 Å². The smallest absolute Gasteiger partial charge is 0.143 e. The van der Waals surface area contributed by atoms with E-state index in [1.807, 2.05) is 23.5 Å². The molecule has 9 rings (SSSR count). The predicted octanol–water partition coefficient (Wildman–Crippen LogP) is 10.7. The van der Waals surface area contributed by atoms with Gasteiger partial charge in [-0.3, -0.25) is 0 Å². The van der Waals surface area contributed by atoms with Crippen LogP contribution in [-0.4, -0.2) is 4.57 Å². The van der Waals surface area contributed by atoms with Crippen molar-refractivity contribution in [3.63, 3.8) is 0 Å². The molecule has 6 aromatic carbocycles. The van der Waals surface area contributed by atoms with Crippen molar-refractivity contribution in [2.45, 2.75) is 0 Å². The van der Waals surface area contributed by atoms with Crippen molar-refractivity contribution in [2.75, 3.05) is 0 Å². The molecule has 0 aliphatic carbocycles. The first kappa shape index (κ1) is 21.1. The number of nitrogens with zero attached hydrogens (tertiary/aromatic N) is 1. The van der Waals surface area contributed by atoms with Gasteiger partial charge in [-0.15, -0.1) is 11.3 Å². The van der Waals surface area contributed by atoms with E-state index in [1.54, 1.807) is 0 Å². The van der Waals surface area contributed by atoms with Crippen LogP contribution in [0.25, 0.3) is 80.7 Å². The summed E-state index contributed by atoms with van der Waals surface area (Å²) in [4.78, 5) is 0. The molecule has 0 N–H and O–H groups in total. The van der Waals surface area contributed by atoms with Gasteiger partial charge in [-0.2, -0.15) is 0 Å². The van der Waals surface area contributed by atoms with Crippen molar-refractivity contribution in [3.8, 4) is 16.8 Å². The lowest BCUT2D eigenvalue weighted by molar-refractivity contribution is 0.670. The molecule has 3 heteroatoms. The number of fused-ring (bicyclic) bond motifs is 10. The molecular formula is C36H21NOS. The molecule has 0 saturated carbocycles. The molecule has 0 amide bonds. The topological polar surface area (TPSA) is 18.1 Å². The number of hydrogen-bond acceptors (Lipinski definition) is 2. The van der Waals surface area contributed by atoms with Crippen LogP contribution in [0, 0.1) is 0 Å². The molecule has 2 nitrogen and oxygen atoms in total. The Balaban J connectivity index is 1.27. The lowest BCUT2D eigenvalue weighted by Gasteiger charge is -2.10. The molecule has 0 fully saturated rings. The molecule has 0 radical (unpaired) electrons. The summed E-state index contributed by atoms with van der Waals surface area (Å²) in [5.41, 5.74) is 7.75. The molecule has 0 atom stereocenters. The van der Waals surface area contributed by atoms with Gasteiger partial charge in [0, 0.05) is 53.0 Å². The summed E-state index contributed by atoms with van der Waals surface area (Å²) in [6, 6.07) is 45.7. The van der Waals surface area contributed by atoms with Gasteiger partial charge in [0.1, 0.15) is 11.2 Å². The number of benzene rings is 6. The highest BCUT2D eigenvalue weighted by molar-refractivity contribution is 7.26. The fraction of sp³-hybridized carbons (Fsp3) is 0. The second-order valence-electron chi connectivity index (χ2n) is 10.1. The average molecular weight is 516 g/mol. The maximum Gasteiger partial charge on any atom is 0.143 e. The van der Waals surface area contributed by atoms with Crippen molar-refractivity contribution in [2.24, 2.45) is 0 Å². The third-order valence-corrected chi connectivity index (χ3v) is 9.23. The van der Waals surface area contributed by atoms with Crippen LogP contribution in [-0.2, 0) is 0 Å². The second kappa shape index (κ2) is 7.83. The molecule has 0 aliphatic rings. The van der Waals surface area contributed by atoms with Crippen molar-refractivity contribution in [1.82, 2.24) is 4.57 Å². The van der Waals surface area contributed by atoms with Crippen LogP contribution in [0.3, 0.4) is 0 Å². The Bertz CT molecular complexity index is 2380. The van der Waals surface area contributed by atoms with Gasteiger partial charge in [-0.1, -0.05) is 91.0 Å². The molecule has 0 saturated heterocycles. The van der Waals surface area contributed by atoms with Gasteiger partial charge in [-0.05, 0) is 42.0 Å². The highest BCUT2D eigenvalue weighted by Crippen LogP contribution is 2.43. The molecule has 0 spiro atoms. The van der Waals surface area contributed by atoms with Crippen LogP contribution in [0.2, 0.25) is 0 Å². The van der Waals surface area contributed by atoms with Crippen molar-refractivity contribution < 1.29 is 4.42 Å². The zero-order valence-corrected chi connectivity index (χ0v) is 21.7. The Morgan fingerprint density at radius 2 is 1.26 bits per heavy atom. The number of rotatable bonds is 2. The zero-order valence-electron chi connectivity index (χ0n) is 20.9. The maximum absolute atomic E-state index is 6.32. The van der Waals surface area contributed by atoms with Gasteiger partial charge in [0.05, 0.1) is 11.0 Å².